The standard InChI is InChI=1S/C11H16IO3P.C7H6ClI/c1-3-14-16(13,15-4-2)9-10-5-7-11(12)8-6-10;8-5-6-1-3-7(9)4-2-6/h5-8H,3-4,9H2,1-2H3;1-4H,5H2. The highest BCUT2D eigenvalue weighted by Crippen LogP contribution is 2.51. The molecule has 25 heavy (non-hydrogen) atoms. The van der Waals surface area contributed by atoms with Crippen LogP contribution in [-0.2, 0) is 25.7 Å². The maximum absolute atomic E-state index is 12.2. The molecule has 3 nitrogen and oxygen atoms in total. The van der Waals surface area contributed by atoms with Crippen LogP contribution in [-0.4, -0.2) is 13.2 Å². The molecule has 0 bridgehead atoms. The van der Waals surface area contributed by atoms with E-state index in [0.29, 0.717) is 25.3 Å². The molecule has 0 saturated carbocycles. The molecule has 7 heteroatoms. The quantitative estimate of drug-likeness (QED) is 0.192. The van der Waals surface area contributed by atoms with E-state index in [-0.39, 0.29) is 0 Å². The maximum atomic E-state index is 12.2. The lowest BCUT2D eigenvalue weighted by atomic mass is 10.2. The second-order valence-electron chi connectivity index (χ2n) is 4.99. The molecule has 0 amide bonds. The summed E-state index contributed by atoms with van der Waals surface area (Å²) in [6, 6.07) is 16.1. The summed E-state index contributed by atoms with van der Waals surface area (Å²) in [5.41, 5.74) is 2.16. The first kappa shape index (κ1) is 23.4. The van der Waals surface area contributed by atoms with Gasteiger partial charge in [0.15, 0.2) is 0 Å². The van der Waals surface area contributed by atoms with Gasteiger partial charge in [-0.15, -0.1) is 11.6 Å². The van der Waals surface area contributed by atoms with Crippen molar-refractivity contribution in [1.29, 1.82) is 0 Å². The minimum Gasteiger partial charge on any atom is -0.309 e. The topological polar surface area (TPSA) is 35.5 Å². The molecule has 0 radical (unpaired) electrons. The monoisotopic (exact) mass is 606 g/mol. The fourth-order valence-corrected chi connectivity index (χ4v) is 4.51. The van der Waals surface area contributed by atoms with Gasteiger partial charge < -0.3 is 9.05 Å². The second kappa shape index (κ2) is 12.7. The molecular weight excluding hydrogens is 584 g/mol. The molecule has 138 valence electrons. The molecule has 0 fully saturated rings. The number of halogens is 3. The molecule has 0 aliphatic carbocycles. The zero-order valence-electron chi connectivity index (χ0n) is 14.3. The summed E-state index contributed by atoms with van der Waals surface area (Å²) in [6.07, 6.45) is 0.339. The zero-order chi connectivity index (χ0) is 18.7. The van der Waals surface area contributed by atoms with E-state index in [1.165, 1.54) is 9.13 Å². The third kappa shape index (κ3) is 9.73. The number of rotatable bonds is 7. The zero-order valence-corrected chi connectivity index (χ0v) is 20.2. The fraction of sp³-hybridized carbons (Fsp3) is 0.333. The van der Waals surface area contributed by atoms with Crippen molar-refractivity contribution < 1.29 is 13.6 Å². The Labute approximate surface area is 182 Å². The summed E-state index contributed by atoms with van der Waals surface area (Å²) in [4.78, 5) is 0. The van der Waals surface area contributed by atoms with Gasteiger partial charge in [-0.3, -0.25) is 4.57 Å². The lowest BCUT2D eigenvalue weighted by Crippen LogP contribution is -1.99. The van der Waals surface area contributed by atoms with Crippen molar-refractivity contribution in [2.75, 3.05) is 13.2 Å². The summed E-state index contributed by atoms with van der Waals surface area (Å²) in [6.45, 7) is 4.45. The van der Waals surface area contributed by atoms with Crippen molar-refractivity contribution in [3.05, 3.63) is 66.8 Å². The van der Waals surface area contributed by atoms with Gasteiger partial charge in [-0.2, -0.15) is 0 Å². The van der Waals surface area contributed by atoms with E-state index in [2.05, 4.69) is 57.3 Å². The first-order valence-electron chi connectivity index (χ1n) is 7.85. The molecule has 0 atom stereocenters. The summed E-state index contributed by atoms with van der Waals surface area (Å²) < 4.78 is 25.1. The number of alkyl halides is 1. The molecule has 0 N–H and O–H groups in total. The van der Waals surface area contributed by atoms with Crippen LogP contribution in [0, 0.1) is 7.14 Å². The largest absolute Gasteiger partial charge is 0.335 e. The van der Waals surface area contributed by atoms with Gasteiger partial charge in [-0.25, -0.2) is 0 Å². The van der Waals surface area contributed by atoms with Crippen molar-refractivity contribution in [2.45, 2.75) is 25.9 Å². The van der Waals surface area contributed by atoms with E-state index in [1.54, 1.807) is 0 Å². The van der Waals surface area contributed by atoms with Crippen LogP contribution in [0.15, 0.2) is 48.5 Å². The predicted molar refractivity (Wildman–Crippen MR) is 122 cm³/mol. The first-order chi connectivity index (χ1) is 11.9. The Kier molecular flexibility index (Phi) is 11.9. The van der Waals surface area contributed by atoms with E-state index in [1.807, 2.05) is 50.2 Å². The van der Waals surface area contributed by atoms with Crippen LogP contribution in [0.2, 0.25) is 0 Å². The third-order valence-corrected chi connectivity index (χ3v) is 6.81. The van der Waals surface area contributed by atoms with Gasteiger partial charge in [0, 0.05) is 13.0 Å². The molecule has 2 aromatic carbocycles. The average molecular weight is 607 g/mol. The van der Waals surface area contributed by atoms with E-state index < -0.39 is 7.60 Å². The predicted octanol–water partition coefficient (Wildman–Crippen LogP) is 7.09. The SMILES string of the molecule is CCOP(=O)(Cc1ccc(I)cc1)OCC.ClCc1ccc(I)cc1. The molecular formula is C18H22ClI2O3P. The van der Waals surface area contributed by atoms with E-state index in [0.717, 1.165) is 9.13 Å². The Morgan fingerprint density at radius 1 is 0.840 bits per heavy atom. The molecule has 0 spiro atoms. The third-order valence-electron chi connectivity index (χ3n) is 3.01. The summed E-state index contributed by atoms with van der Waals surface area (Å²) in [5.74, 6) is 0.608. The number of hydrogen-bond acceptors (Lipinski definition) is 3. The number of benzene rings is 2. The van der Waals surface area contributed by atoms with Crippen LogP contribution in [0.25, 0.3) is 0 Å². The van der Waals surface area contributed by atoms with Crippen molar-refractivity contribution >= 4 is 64.4 Å². The van der Waals surface area contributed by atoms with Gasteiger partial charge >= 0.3 is 7.60 Å². The maximum Gasteiger partial charge on any atom is 0.335 e. The minimum atomic E-state index is -2.96. The van der Waals surface area contributed by atoms with Gasteiger partial charge in [-0.1, -0.05) is 24.3 Å². The molecule has 0 aliphatic heterocycles. The molecule has 2 rings (SSSR count). The first-order valence-corrected chi connectivity index (χ1v) is 12.3. The summed E-state index contributed by atoms with van der Waals surface area (Å²) in [7, 11) is -2.96. The average Bonchev–Trinajstić information content (AvgIpc) is 2.59. The second-order valence-corrected chi connectivity index (χ2v) is 9.80. The highest BCUT2D eigenvalue weighted by atomic mass is 127. The Morgan fingerprint density at radius 3 is 1.60 bits per heavy atom. The van der Waals surface area contributed by atoms with Gasteiger partial charge in [0.25, 0.3) is 0 Å². The molecule has 0 aromatic heterocycles. The fourth-order valence-electron chi connectivity index (χ4n) is 1.91. The smallest absolute Gasteiger partial charge is 0.309 e. The van der Waals surface area contributed by atoms with Gasteiger partial charge in [0.05, 0.1) is 19.4 Å². The van der Waals surface area contributed by atoms with Gasteiger partial charge in [-0.05, 0) is 94.4 Å². The van der Waals surface area contributed by atoms with E-state index in [9.17, 15) is 4.57 Å². The van der Waals surface area contributed by atoms with Crippen LogP contribution in [0.1, 0.15) is 25.0 Å². The van der Waals surface area contributed by atoms with E-state index in [4.69, 9.17) is 20.6 Å². The summed E-state index contributed by atoms with van der Waals surface area (Å²) >= 11 is 10.1. The van der Waals surface area contributed by atoms with Crippen molar-refractivity contribution in [1.82, 2.24) is 0 Å². The van der Waals surface area contributed by atoms with Crippen LogP contribution < -0.4 is 0 Å². The molecule has 0 unspecified atom stereocenters. The Balaban J connectivity index is 0.000000293. The Bertz CT molecular complexity index is 653. The van der Waals surface area contributed by atoms with Crippen LogP contribution in [0.4, 0.5) is 0 Å². The minimum absolute atomic E-state index is 0.339. The summed E-state index contributed by atoms with van der Waals surface area (Å²) in [5, 5.41) is 0. The van der Waals surface area contributed by atoms with Crippen molar-refractivity contribution in [3.63, 3.8) is 0 Å². The van der Waals surface area contributed by atoms with Crippen LogP contribution in [0.5, 0.6) is 0 Å². The van der Waals surface area contributed by atoms with Crippen molar-refractivity contribution in [3.8, 4) is 0 Å². The molecule has 2 aromatic rings. The lowest BCUT2D eigenvalue weighted by molar-refractivity contribution is 0.219. The van der Waals surface area contributed by atoms with E-state index >= 15 is 0 Å². The highest BCUT2D eigenvalue weighted by Gasteiger charge is 2.23. The molecule has 0 aliphatic rings. The van der Waals surface area contributed by atoms with Crippen LogP contribution >= 0.6 is 64.4 Å². The Hall–Kier alpha value is 0.340. The molecule has 0 saturated heterocycles. The highest BCUT2D eigenvalue weighted by molar-refractivity contribution is 14.1. The van der Waals surface area contributed by atoms with Crippen LogP contribution in [0.3, 0.4) is 0 Å². The van der Waals surface area contributed by atoms with Gasteiger partial charge in [0.2, 0.25) is 0 Å². The van der Waals surface area contributed by atoms with Crippen molar-refractivity contribution in [2.24, 2.45) is 0 Å². The normalized spacial score (nSPS) is 10.9. The Morgan fingerprint density at radius 2 is 1.24 bits per heavy atom. The molecule has 0 heterocycles. The lowest BCUT2D eigenvalue weighted by Gasteiger charge is -2.16. The van der Waals surface area contributed by atoms with Gasteiger partial charge in [0.1, 0.15) is 0 Å². The number of hydrogen-bond donors (Lipinski definition) is 0.